The van der Waals surface area contributed by atoms with Gasteiger partial charge in [0.2, 0.25) is 0 Å². The number of aromatic nitrogens is 3. The number of amides is 2. The predicted octanol–water partition coefficient (Wildman–Crippen LogP) is 2.96. The lowest BCUT2D eigenvalue weighted by molar-refractivity contribution is 0.0679. The molecule has 9 heteroatoms. The molecule has 0 saturated carbocycles. The number of hydrogen-bond acceptors (Lipinski definition) is 5. The zero-order valence-electron chi connectivity index (χ0n) is 16.5. The summed E-state index contributed by atoms with van der Waals surface area (Å²) in [5, 5.41) is 9.13. The summed E-state index contributed by atoms with van der Waals surface area (Å²) < 4.78 is 15.6. The van der Waals surface area contributed by atoms with Gasteiger partial charge in [-0.2, -0.15) is 5.10 Å². The zero-order chi connectivity index (χ0) is 21.1. The van der Waals surface area contributed by atoms with Crippen LogP contribution in [0.3, 0.4) is 0 Å². The van der Waals surface area contributed by atoms with Crippen molar-refractivity contribution in [3.05, 3.63) is 59.1 Å². The Kier molecular flexibility index (Phi) is 5.89. The molecule has 1 saturated heterocycles. The molecular formula is C21H22FN5O2S. The van der Waals surface area contributed by atoms with Gasteiger partial charge in [-0.25, -0.2) is 9.37 Å². The number of thiazole rings is 1. The molecule has 1 aliphatic rings. The fraction of sp³-hybridized carbons (Fsp3) is 0.333. The van der Waals surface area contributed by atoms with Crippen molar-refractivity contribution in [1.82, 2.24) is 25.0 Å². The van der Waals surface area contributed by atoms with Gasteiger partial charge in [0.15, 0.2) is 0 Å². The number of hydrogen-bond donors (Lipinski definition) is 1. The van der Waals surface area contributed by atoms with E-state index < -0.39 is 0 Å². The Morgan fingerprint density at radius 1 is 1.27 bits per heavy atom. The zero-order valence-corrected chi connectivity index (χ0v) is 17.4. The SMILES string of the molecule is Cn1cc(C(=O)NCC2CCN(C(=O)c3csc(-c4ccccc4F)n3)CC2)cn1. The van der Waals surface area contributed by atoms with Crippen LogP contribution in [0.25, 0.3) is 10.6 Å². The lowest BCUT2D eigenvalue weighted by Gasteiger charge is -2.31. The Labute approximate surface area is 177 Å². The third-order valence-corrected chi connectivity index (χ3v) is 6.12. The molecule has 1 N–H and O–H groups in total. The van der Waals surface area contributed by atoms with E-state index in [-0.39, 0.29) is 17.6 Å². The van der Waals surface area contributed by atoms with Crippen molar-refractivity contribution in [1.29, 1.82) is 0 Å². The number of piperidine rings is 1. The maximum atomic E-state index is 14.0. The van der Waals surface area contributed by atoms with Crippen LogP contribution < -0.4 is 5.32 Å². The smallest absolute Gasteiger partial charge is 0.273 e. The van der Waals surface area contributed by atoms with E-state index in [2.05, 4.69) is 15.4 Å². The minimum atomic E-state index is -0.347. The first kappa shape index (κ1) is 20.2. The number of aryl methyl sites for hydroxylation is 1. The highest BCUT2D eigenvalue weighted by atomic mass is 32.1. The third-order valence-electron chi connectivity index (χ3n) is 5.25. The molecule has 156 valence electrons. The summed E-state index contributed by atoms with van der Waals surface area (Å²) in [6.07, 6.45) is 4.84. The van der Waals surface area contributed by atoms with E-state index in [0.29, 0.717) is 47.4 Å². The molecule has 2 amide bonds. The molecule has 0 atom stereocenters. The first-order valence-corrected chi connectivity index (χ1v) is 10.7. The van der Waals surface area contributed by atoms with Gasteiger partial charge >= 0.3 is 0 Å². The molecule has 2 aromatic heterocycles. The summed E-state index contributed by atoms with van der Waals surface area (Å²) >= 11 is 1.27. The van der Waals surface area contributed by atoms with Gasteiger partial charge in [0.05, 0.1) is 11.8 Å². The molecular weight excluding hydrogens is 405 g/mol. The Morgan fingerprint density at radius 2 is 2.03 bits per heavy atom. The monoisotopic (exact) mass is 427 g/mol. The summed E-state index contributed by atoms with van der Waals surface area (Å²) in [6.45, 7) is 1.79. The van der Waals surface area contributed by atoms with E-state index in [9.17, 15) is 14.0 Å². The van der Waals surface area contributed by atoms with Crippen LogP contribution in [0.1, 0.15) is 33.7 Å². The van der Waals surface area contributed by atoms with Gasteiger partial charge < -0.3 is 10.2 Å². The first-order chi connectivity index (χ1) is 14.5. The van der Waals surface area contributed by atoms with Crippen LogP contribution in [-0.2, 0) is 7.05 Å². The molecule has 30 heavy (non-hydrogen) atoms. The Morgan fingerprint density at radius 3 is 2.73 bits per heavy atom. The highest BCUT2D eigenvalue weighted by Gasteiger charge is 2.26. The number of nitrogens with one attached hydrogen (secondary N) is 1. The van der Waals surface area contributed by atoms with Gasteiger partial charge in [-0.3, -0.25) is 14.3 Å². The molecule has 3 aromatic rings. The lowest BCUT2D eigenvalue weighted by atomic mass is 9.96. The summed E-state index contributed by atoms with van der Waals surface area (Å²) in [4.78, 5) is 31.1. The Bertz CT molecular complexity index is 1060. The predicted molar refractivity (Wildman–Crippen MR) is 112 cm³/mol. The van der Waals surface area contributed by atoms with E-state index in [1.165, 1.54) is 17.4 Å². The van der Waals surface area contributed by atoms with Gasteiger partial charge in [-0.1, -0.05) is 12.1 Å². The number of benzene rings is 1. The first-order valence-electron chi connectivity index (χ1n) is 9.78. The van der Waals surface area contributed by atoms with Crippen LogP contribution >= 0.6 is 11.3 Å². The van der Waals surface area contributed by atoms with Crippen LogP contribution in [0.2, 0.25) is 0 Å². The van der Waals surface area contributed by atoms with Crippen molar-refractivity contribution < 1.29 is 14.0 Å². The summed E-state index contributed by atoms with van der Waals surface area (Å²) in [6, 6.07) is 6.42. The van der Waals surface area contributed by atoms with Gasteiger partial charge in [-0.15, -0.1) is 11.3 Å². The van der Waals surface area contributed by atoms with E-state index in [1.807, 2.05) is 0 Å². The number of carbonyl (C=O) groups excluding carboxylic acids is 2. The fourth-order valence-electron chi connectivity index (χ4n) is 3.51. The summed E-state index contributed by atoms with van der Waals surface area (Å²) in [5.74, 6) is -0.296. The standard InChI is InChI=1S/C21H22FN5O2S/c1-26-12-15(11-24-26)19(28)23-10-14-6-8-27(9-7-14)21(29)18-13-30-20(25-18)16-4-2-3-5-17(16)22/h2-5,11-14H,6-10H2,1H3,(H,23,28). The van der Waals surface area contributed by atoms with Gasteiger partial charge in [0, 0.05) is 43.8 Å². The average Bonchev–Trinajstić information content (AvgIpc) is 3.42. The molecule has 0 radical (unpaired) electrons. The molecule has 0 spiro atoms. The van der Waals surface area contributed by atoms with E-state index in [4.69, 9.17) is 0 Å². The Hall–Kier alpha value is -3.07. The number of halogens is 1. The van der Waals surface area contributed by atoms with Crippen LogP contribution in [-0.4, -0.2) is 51.1 Å². The Balaban J connectivity index is 1.29. The largest absolute Gasteiger partial charge is 0.352 e. The highest BCUT2D eigenvalue weighted by molar-refractivity contribution is 7.13. The van der Waals surface area contributed by atoms with Crippen LogP contribution in [0.15, 0.2) is 42.0 Å². The van der Waals surface area contributed by atoms with Crippen molar-refractivity contribution in [2.24, 2.45) is 13.0 Å². The minimum absolute atomic E-state index is 0.133. The molecule has 1 aliphatic heterocycles. The minimum Gasteiger partial charge on any atom is -0.352 e. The molecule has 4 rings (SSSR count). The van der Waals surface area contributed by atoms with Crippen molar-refractivity contribution in [2.75, 3.05) is 19.6 Å². The molecule has 0 aliphatic carbocycles. The normalized spacial score (nSPS) is 14.7. The van der Waals surface area contributed by atoms with E-state index in [0.717, 1.165) is 12.8 Å². The number of likely N-dealkylation sites (tertiary alicyclic amines) is 1. The van der Waals surface area contributed by atoms with Crippen LogP contribution in [0.5, 0.6) is 0 Å². The number of carbonyl (C=O) groups is 2. The lowest BCUT2D eigenvalue weighted by Crippen LogP contribution is -2.41. The van der Waals surface area contributed by atoms with Gasteiger partial charge in [-0.05, 0) is 30.9 Å². The van der Waals surface area contributed by atoms with Crippen molar-refractivity contribution in [3.8, 4) is 10.6 Å². The fourth-order valence-corrected chi connectivity index (χ4v) is 4.33. The molecule has 3 heterocycles. The molecule has 0 bridgehead atoms. The van der Waals surface area contributed by atoms with Crippen molar-refractivity contribution in [2.45, 2.75) is 12.8 Å². The third kappa shape index (κ3) is 4.40. The summed E-state index contributed by atoms with van der Waals surface area (Å²) in [7, 11) is 1.77. The average molecular weight is 428 g/mol. The molecule has 1 fully saturated rings. The maximum Gasteiger partial charge on any atom is 0.273 e. The second-order valence-corrected chi connectivity index (χ2v) is 8.22. The van der Waals surface area contributed by atoms with Gasteiger partial charge in [0.1, 0.15) is 16.5 Å². The quantitative estimate of drug-likeness (QED) is 0.679. The van der Waals surface area contributed by atoms with E-state index >= 15 is 0 Å². The maximum absolute atomic E-state index is 14.0. The number of rotatable bonds is 5. The highest BCUT2D eigenvalue weighted by Crippen LogP contribution is 2.27. The topological polar surface area (TPSA) is 80.1 Å². The molecule has 0 unspecified atom stereocenters. The summed E-state index contributed by atoms with van der Waals surface area (Å²) in [5.41, 5.74) is 1.30. The van der Waals surface area contributed by atoms with Gasteiger partial charge in [0.25, 0.3) is 11.8 Å². The molecule has 1 aromatic carbocycles. The van der Waals surface area contributed by atoms with Crippen molar-refractivity contribution in [3.63, 3.8) is 0 Å². The second-order valence-electron chi connectivity index (χ2n) is 7.37. The van der Waals surface area contributed by atoms with E-state index in [1.54, 1.807) is 52.6 Å². The van der Waals surface area contributed by atoms with Crippen LogP contribution in [0.4, 0.5) is 4.39 Å². The second kappa shape index (κ2) is 8.74. The molecule has 7 nitrogen and oxygen atoms in total. The number of nitrogens with zero attached hydrogens (tertiary/aromatic N) is 4. The van der Waals surface area contributed by atoms with Crippen LogP contribution in [0, 0.1) is 11.7 Å². The van der Waals surface area contributed by atoms with Crippen molar-refractivity contribution >= 4 is 23.2 Å².